The minimum Gasteiger partial charge on any atom is -0.307 e. The Labute approximate surface area is 120 Å². The SMILES string of the molecule is c1ccc2nc(CNC3CN4CCC3CC4)ccc2c1. The van der Waals surface area contributed by atoms with Gasteiger partial charge < -0.3 is 10.2 Å². The Morgan fingerprint density at radius 3 is 2.75 bits per heavy atom. The van der Waals surface area contributed by atoms with Crippen LogP contribution in [0.3, 0.4) is 0 Å². The van der Waals surface area contributed by atoms with Crippen molar-refractivity contribution in [2.24, 2.45) is 5.92 Å². The first-order valence-electron chi connectivity index (χ1n) is 7.69. The molecule has 3 fully saturated rings. The average molecular weight is 267 g/mol. The molecule has 2 bridgehead atoms. The van der Waals surface area contributed by atoms with E-state index in [0.717, 1.165) is 23.7 Å². The van der Waals surface area contributed by atoms with E-state index in [1.54, 1.807) is 0 Å². The van der Waals surface area contributed by atoms with Crippen molar-refractivity contribution in [1.82, 2.24) is 15.2 Å². The van der Waals surface area contributed by atoms with E-state index in [9.17, 15) is 0 Å². The third-order valence-electron chi connectivity index (χ3n) is 4.86. The lowest BCUT2D eigenvalue weighted by molar-refractivity contribution is 0.0718. The molecule has 0 aliphatic carbocycles. The van der Waals surface area contributed by atoms with Crippen molar-refractivity contribution in [1.29, 1.82) is 0 Å². The summed E-state index contributed by atoms with van der Waals surface area (Å²) in [5.41, 5.74) is 2.25. The van der Waals surface area contributed by atoms with Gasteiger partial charge in [-0.15, -0.1) is 0 Å². The number of piperidine rings is 3. The highest BCUT2D eigenvalue weighted by Gasteiger charge is 2.33. The third-order valence-corrected chi connectivity index (χ3v) is 4.86. The van der Waals surface area contributed by atoms with E-state index >= 15 is 0 Å². The van der Waals surface area contributed by atoms with Crippen LogP contribution in [0.5, 0.6) is 0 Å². The van der Waals surface area contributed by atoms with Crippen LogP contribution in [0.15, 0.2) is 36.4 Å². The molecule has 0 radical (unpaired) electrons. The lowest BCUT2D eigenvalue weighted by atomic mass is 9.84. The number of nitrogens with zero attached hydrogens (tertiary/aromatic N) is 2. The smallest absolute Gasteiger partial charge is 0.0705 e. The molecular weight excluding hydrogens is 246 g/mol. The summed E-state index contributed by atoms with van der Waals surface area (Å²) >= 11 is 0. The first-order chi connectivity index (χ1) is 9.88. The molecule has 1 aromatic carbocycles. The largest absolute Gasteiger partial charge is 0.307 e. The fourth-order valence-corrected chi connectivity index (χ4v) is 3.64. The molecule has 0 saturated carbocycles. The van der Waals surface area contributed by atoms with Gasteiger partial charge in [0.2, 0.25) is 0 Å². The summed E-state index contributed by atoms with van der Waals surface area (Å²) in [7, 11) is 0. The second-order valence-electron chi connectivity index (χ2n) is 6.12. The number of fused-ring (bicyclic) bond motifs is 4. The van der Waals surface area contributed by atoms with Gasteiger partial charge >= 0.3 is 0 Å². The summed E-state index contributed by atoms with van der Waals surface area (Å²) in [6.45, 7) is 4.71. The highest BCUT2D eigenvalue weighted by atomic mass is 15.2. The van der Waals surface area contributed by atoms with E-state index in [2.05, 4.69) is 46.6 Å². The summed E-state index contributed by atoms with van der Waals surface area (Å²) in [6.07, 6.45) is 2.73. The van der Waals surface area contributed by atoms with E-state index in [4.69, 9.17) is 4.98 Å². The molecule has 1 unspecified atom stereocenters. The quantitative estimate of drug-likeness (QED) is 0.925. The molecule has 2 aromatic rings. The fraction of sp³-hybridized carbons (Fsp3) is 0.471. The Hall–Kier alpha value is -1.45. The average Bonchev–Trinajstić information content (AvgIpc) is 2.54. The third kappa shape index (κ3) is 2.32. The van der Waals surface area contributed by atoms with Gasteiger partial charge in [-0.2, -0.15) is 0 Å². The van der Waals surface area contributed by atoms with Crippen LogP contribution >= 0.6 is 0 Å². The normalized spacial score (nSPS) is 28.9. The Morgan fingerprint density at radius 2 is 1.95 bits per heavy atom. The first-order valence-corrected chi connectivity index (χ1v) is 7.69. The zero-order valence-corrected chi connectivity index (χ0v) is 11.8. The highest BCUT2D eigenvalue weighted by molar-refractivity contribution is 5.78. The molecule has 1 N–H and O–H groups in total. The lowest BCUT2D eigenvalue weighted by Gasteiger charge is -2.45. The molecule has 3 saturated heterocycles. The van der Waals surface area contributed by atoms with E-state index in [1.807, 2.05) is 0 Å². The molecule has 0 amide bonds. The van der Waals surface area contributed by atoms with Crippen LogP contribution in [0, 0.1) is 5.92 Å². The minimum atomic E-state index is 0.658. The zero-order valence-electron chi connectivity index (χ0n) is 11.8. The molecule has 20 heavy (non-hydrogen) atoms. The maximum atomic E-state index is 4.75. The van der Waals surface area contributed by atoms with Gasteiger partial charge in [0.25, 0.3) is 0 Å². The molecule has 0 spiro atoms. The van der Waals surface area contributed by atoms with Gasteiger partial charge in [0.1, 0.15) is 0 Å². The standard InChI is InChI=1S/C17H21N3/c1-2-4-16-13(3-1)5-6-15(19-16)11-18-17-12-20-9-7-14(17)8-10-20/h1-6,14,17-18H,7-12H2. The second-order valence-corrected chi connectivity index (χ2v) is 6.12. The molecule has 3 aliphatic heterocycles. The number of hydrogen-bond acceptors (Lipinski definition) is 3. The summed E-state index contributed by atoms with van der Waals surface area (Å²) in [6, 6.07) is 13.3. The number of aromatic nitrogens is 1. The van der Waals surface area contributed by atoms with Gasteiger partial charge in [-0.25, -0.2) is 0 Å². The monoisotopic (exact) mass is 267 g/mol. The van der Waals surface area contributed by atoms with Crippen molar-refractivity contribution in [3.63, 3.8) is 0 Å². The van der Waals surface area contributed by atoms with Gasteiger partial charge in [0, 0.05) is 24.5 Å². The van der Waals surface area contributed by atoms with E-state index in [-0.39, 0.29) is 0 Å². The van der Waals surface area contributed by atoms with E-state index in [1.165, 1.54) is 37.9 Å². The Morgan fingerprint density at radius 1 is 1.10 bits per heavy atom. The number of para-hydroxylation sites is 1. The lowest BCUT2D eigenvalue weighted by Crippen LogP contribution is -2.55. The van der Waals surface area contributed by atoms with Crippen LogP contribution < -0.4 is 5.32 Å². The molecule has 1 aromatic heterocycles. The van der Waals surface area contributed by atoms with Crippen molar-refractivity contribution in [3.8, 4) is 0 Å². The Kier molecular flexibility index (Phi) is 3.17. The van der Waals surface area contributed by atoms with Crippen LogP contribution in [0.2, 0.25) is 0 Å². The molecule has 3 heteroatoms. The molecule has 5 rings (SSSR count). The summed E-state index contributed by atoms with van der Waals surface area (Å²) < 4.78 is 0. The predicted octanol–water partition coefficient (Wildman–Crippen LogP) is 2.42. The van der Waals surface area contributed by atoms with Gasteiger partial charge in [0.05, 0.1) is 11.2 Å². The summed E-state index contributed by atoms with van der Waals surface area (Å²) in [4.78, 5) is 7.33. The maximum Gasteiger partial charge on any atom is 0.0705 e. The van der Waals surface area contributed by atoms with Crippen LogP contribution in [0.25, 0.3) is 10.9 Å². The van der Waals surface area contributed by atoms with Crippen molar-refractivity contribution in [3.05, 3.63) is 42.1 Å². The van der Waals surface area contributed by atoms with E-state index in [0.29, 0.717) is 6.04 Å². The van der Waals surface area contributed by atoms with Crippen LogP contribution in [0.4, 0.5) is 0 Å². The van der Waals surface area contributed by atoms with Crippen molar-refractivity contribution in [2.45, 2.75) is 25.4 Å². The van der Waals surface area contributed by atoms with Crippen molar-refractivity contribution in [2.75, 3.05) is 19.6 Å². The topological polar surface area (TPSA) is 28.2 Å². The van der Waals surface area contributed by atoms with Crippen molar-refractivity contribution >= 4 is 10.9 Å². The van der Waals surface area contributed by atoms with E-state index < -0.39 is 0 Å². The number of hydrogen-bond donors (Lipinski definition) is 1. The van der Waals surface area contributed by atoms with Gasteiger partial charge in [-0.1, -0.05) is 24.3 Å². The molecule has 4 heterocycles. The van der Waals surface area contributed by atoms with Gasteiger partial charge in [0.15, 0.2) is 0 Å². The molecule has 3 aliphatic rings. The van der Waals surface area contributed by atoms with Crippen LogP contribution in [0.1, 0.15) is 18.5 Å². The van der Waals surface area contributed by atoms with Gasteiger partial charge in [-0.05, 0) is 44.0 Å². The van der Waals surface area contributed by atoms with Crippen LogP contribution in [-0.4, -0.2) is 35.6 Å². The Bertz CT molecular complexity index is 602. The molecule has 104 valence electrons. The number of benzene rings is 1. The number of rotatable bonds is 3. The minimum absolute atomic E-state index is 0.658. The zero-order chi connectivity index (χ0) is 13.4. The number of nitrogens with one attached hydrogen (secondary N) is 1. The molecular formula is C17H21N3. The fourth-order valence-electron chi connectivity index (χ4n) is 3.64. The van der Waals surface area contributed by atoms with Crippen molar-refractivity contribution < 1.29 is 0 Å². The van der Waals surface area contributed by atoms with Crippen LogP contribution in [-0.2, 0) is 6.54 Å². The summed E-state index contributed by atoms with van der Waals surface area (Å²) in [5, 5.41) is 4.95. The Balaban J connectivity index is 1.45. The molecule has 1 atom stereocenters. The van der Waals surface area contributed by atoms with Gasteiger partial charge in [-0.3, -0.25) is 4.98 Å². The maximum absolute atomic E-state index is 4.75. The highest BCUT2D eigenvalue weighted by Crippen LogP contribution is 2.27. The second kappa shape index (κ2) is 5.15. The first kappa shape index (κ1) is 12.3. The number of pyridine rings is 1. The molecule has 3 nitrogen and oxygen atoms in total. The summed E-state index contributed by atoms with van der Waals surface area (Å²) in [5.74, 6) is 0.875. The predicted molar refractivity (Wildman–Crippen MR) is 81.5 cm³/mol.